The van der Waals surface area contributed by atoms with E-state index in [4.69, 9.17) is 29.5 Å². The van der Waals surface area contributed by atoms with E-state index in [2.05, 4.69) is 10.9 Å². The molecule has 0 amide bonds. The van der Waals surface area contributed by atoms with Crippen molar-refractivity contribution in [2.24, 2.45) is 10.8 Å². The van der Waals surface area contributed by atoms with Gasteiger partial charge in [-0.15, -0.1) is 6.42 Å². The monoisotopic (exact) mass is 484 g/mol. The highest BCUT2D eigenvalue weighted by atomic mass is 31.2. The van der Waals surface area contributed by atoms with Crippen LogP contribution in [0.25, 0.3) is 0 Å². The summed E-state index contributed by atoms with van der Waals surface area (Å²) in [4.78, 5) is 37.9. The number of hydrogen-bond acceptors (Lipinski definition) is 9. The van der Waals surface area contributed by atoms with Crippen LogP contribution in [-0.4, -0.2) is 47.0 Å². The number of aromatic amines is 1. The Morgan fingerprint density at radius 1 is 1.45 bits per heavy atom. The molecule has 11 nitrogen and oxygen atoms in total. The lowest BCUT2D eigenvalue weighted by Crippen LogP contribution is -2.43. The number of H-pyrrole nitrogens is 1. The van der Waals surface area contributed by atoms with Gasteiger partial charge in [0, 0.05) is 12.3 Å². The van der Waals surface area contributed by atoms with Crippen LogP contribution >= 0.6 is 7.82 Å². The van der Waals surface area contributed by atoms with Gasteiger partial charge in [-0.25, -0.2) is 9.36 Å². The van der Waals surface area contributed by atoms with Gasteiger partial charge in [-0.3, -0.25) is 32.7 Å². The zero-order valence-electron chi connectivity index (χ0n) is 19.2. The van der Waals surface area contributed by atoms with E-state index >= 15 is 0 Å². The molecule has 1 aromatic heterocycles. The predicted octanol–water partition coefficient (Wildman–Crippen LogP) is 1.98. The average Bonchev–Trinajstić information content (AvgIpc) is 2.98. The molecule has 182 valence electrons. The van der Waals surface area contributed by atoms with Crippen LogP contribution in [0.3, 0.4) is 0 Å². The van der Waals surface area contributed by atoms with Crippen molar-refractivity contribution in [3.8, 4) is 12.3 Å². The zero-order valence-corrected chi connectivity index (χ0v) is 20.1. The lowest BCUT2D eigenvalue weighted by atomic mass is 9.83. The molecule has 0 spiro atoms. The topological polar surface area (TPSA) is 135 Å². The average molecular weight is 484 g/mol. The summed E-state index contributed by atoms with van der Waals surface area (Å²) in [5.74, 6) is 2.19. The Bertz CT molecular complexity index is 1100. The lowest BCUT2D eigenvalue weighted by Gasteiger charge is -2.36. The number of nitrogens with zero attached hydrogens (tertiary/aromatic N) is 1. The Morgan fingerprint density at radius 3 is 2.76 bits per heavy atom. The quantitative estimate of drug-likeness (QED) is 0.350. The second-order valence-corrected chi connectivity index (χ2v) is 11.0. The van der Waals surface area contributed by atoms with Gasteiger partial charge in [0.05, 0.1) is 25.7 Å². The summed E-state index contributed by atoms with van der Waals surface area (Å²) in [5, 5.41) is 0. The van der Waals surface area contributed by atoms with E-state index in [9.17, 15) is 18.9 Å². The minimum atomic E-state index is -4.05. The summed E-state index contributed by atoms with van der Waals surface area (Å²) >= 11 is 0. The Morgan fingerprint density at radius 2 is 2.15 bits per heavy atom. The molecule has 33 heavy (non-hydrogen) atoms. The van der Waals surface area contributed by atoms with Crippen LogP contribution in [0.15, 0.2) is 21.9 Å². The molecular weight excluding hydrogens is 455 g/mol. The second-order valence-electron chi connectivity index (χ2n) is 9.39. The largest absolute Gasteiger partial charge is 0.475 e. The SMILES string of the molecule is C#C[C@]1(C)[C@@H]2O[P@](=O)(OCC(C)(C)CC(=O)OC(C)C)OC[C@H]2O[C@H]1n1ccc(=O)[nH]c1=O. The highest BCUT2D eigenvalue weighted by molar-refractivity contribution is 7.48. The molecule has 0 bridgehead atoms. The number of phosphoric acid groups is 1. The van der Waals surface area contributed by atoms with Gasteiger partial charge >= 0.3 is 19.5 Å². The maximum absolute atomic E-state index is 13.2. The zero-order chi connectivity index (χ0) is 24.6. The van der Waals surface area contributed by atoms with Crippen LogP contribution in [0.1, 0.15) is 47.3 Å². The Labute approximate surface area is 191 Å². The minimum absolute atomic E-state index is 0.0413. The smallest absolute Gasteiger partial charge is 0.463 e. The van der Waals surface area contributed by atoms with Gasteiger partial charge in [0.25, 0.3) is 5.56 Å². The molecule has 2 aliphatic rings. The minimum Gasteiger partial charge on any atom is -0.463 e. The number of esters is 1. The van der Waals surface area contributed by atoms with Crippen molar-refractivity contribution >= 4 is 13.8 Å². The summed E-state index contributed by atoms with van der Waals surface area (Å²) < 4.78 is 42.1. The first kappa shape index (κ1) is 25.4. The van der Waals surface area contributed by atoms with Crippen molar-refractivity contribution in [3.63, 3.8) is 0 Å². The van der Waals surface area contributed by atoms with Crippen LogP contribution in [0, 0.1) is 23.2 Å². The molecule has 0 aromatic carbocycles. The second kappa shape index (κ2) is 9.20. The van der Waals surface area contributed by atoms with Crippen molar-refractivity contribution in [1.29, 1.82) is 0 Å². The molecular formula is C21H29N2O9P. The molecule has 0 unspecified atom stereocenters. The predicted molar refractivity (Wildman–Crippen MR) is 116 cm³/mol. The van der Waals surface area contributed by atoms with E-state index in [1.54, 1.807) is 34.6 Å². The number of nitrogens with one attached hydrogen (secondary N) is 1. The third-order valence-corrected chi connectivity index (χ3v) is 6.80. The number of hydrogen-bond donors (Lipinski definition) is 1. The number of carbonyl (C=O) groups excluding carboxylic acids is 1. The van der Waals surface area contributed by atoms with E-state index < -0.39 is 54.3 Å². The van der Waals surface area contributed by atoms with Gasteiger partial charge in [-0.05, 0) is 26.2 Å². The first-order valence-electron chi connectivity index (χ1n) is 10.5. The van der Waals surface area contributed by atoms with Gasteiger partial charge < -0.3 is 9.47 Å². The van der Waals surface area contributed by atoms with E-state index in [0.29, 0.717) is 0 Å². The van der Waals surface area contributed by atoms with Gasteiger partial charge in [-0.1, -0.05) is 19.8 Å². The van der Waals surface area contributed by atoms with Crippen molar-refractivity contribution in [1.82, 2.24) is 9.55 Å². The Kier molecular flexibility index (Phi) is 7.08. The third-order valence-electron chi connectivity index (χ3n) is 5.40. The van der Waals surface area contributed by atoms with Crippen LogP contribution in [-0.2, 0) is 32.4 Å². The summed E-state index contributed by atoms with van der Waals surface area (Å²) in [5.41, 5.74) is -3.21. The van der Waals surface area contributed by atoms with Crippen LogP contribution in [0.2, 0.25) is 0 Å². The van der Waals surface area contributed by atoms with Gasteiger partial charge in [0.2, 0.25) is 0 Å². The van der Waals surface area contributed by atoms with Gasteiger partial charge in [0.15, 0.2) is 6.23 Å². The molecule has 0 radical (unpaired) electrons. The van der Waals surface area contributed by atoms with Crippen molar-refractivity contribution in [3.05, 3.63) is 33.1 Å². The highest BCUT2D eigenvalue weighted by Crippen LogP contribution is 2.61. The fraction of sp³-hybridized carbons (Fsp3) is 0.667. The van der Waals surface area contributed by atoms with Crippen LogP contribution < -0.4 is 11.2 Å². The first-order chi connectivity index (χ1) is 15.3. The first-order valence-corrected chi connectivity index (χ1v) is 12.0. The van der Waals surface area contributed by atoms with Gasteiger partial charge in [-0.2, -0.15) is 0 Å². The van der Waals surface area contributed by atoms with Crippen LogP contribution in [0.5, 0.6) is 0 Å². The van der Waals surface area contributed by atoms with Crippen molar-refractivity contribution in [2.45, 2.75) is 65.6 Å². The van der Waals surface area contributed by atoms with E-state index in [0.717, 1.165) is 4.57 Å². The standard InChI is InChI=1S/C21H29N2O9P/c1-7-21(6)17-14(31-18(21)23-9-8-15(24)22-19(23)26)11-28-33(27,32-17)29-12-20(4,5)10-16(25)30-13(2)3/h1,8-9,13-14,17-18H,10-12H2,2-6H3,(H,22,24,26)/t14-,17-,18-,21-,33+/m1/s1. The number of rotatable bonds is 7. The molecule has 1 aromatic rings. The number of phosphoric ester groups is 1. The molecule has 12 heteroatoms. The molecule has 3 heterocycles. The normalized spacial score (nSPS) is 31.7. The van der Waals surface area contributed by atoms with Crippen molar-refractivity contribution in [2.75, 3.05) is 13.2 Å². The molecule has 0 saturated carbocycles. The summed E-state index contributed by atoms with van der Waals surface area (Å²) in [6.45, 7) is 8.39. The van der Waals surface area contributed by atoms with E-state index in [1.807, 2.05) is 0 Å². The molecule has 2 saturated heterocycles. The molecule has 1 N–H and O–H groups in total. The molecule has 2 fully saturated rings. The number of ether oxygens (including phenoxy) is 2. The molecule has 0 aliphatic carbocycles. The number of terminal acetylenes is 1. The molecule has 5 atom stereocenters. The van der Waals surface area contributed by atoms with E-state index in [1.165, 1.54) is 12.3 Å². The number of carbonyl (C=O) groups is 1. The summed E-state index contributed by atoms with van der Waals surface area (Å²) in [6, 6.07) is 1.17. The number of aromatic nitrogens is 2. The molecule has 3 rings (SSSR count). The van der Waals surface area contributed by atoms with Crippen molar-refractivity contribution < 1.29 is 32.4 Å². The highest BCUT2D eigenvalue weighted by Gasteiger charge is 2.60. The Hall–Kier alpha value is -2.22. The summed E-state index contributed by atoms with van der Waals surface area (Å²) in [7, 11) is -4.05. The van der Waals surface area contributed by atoms with Crippen LogP contribution in [0.4, 0.5) is 0 Å². The maximum Gasteiger partial charge on any atom is 0.475 e. The fourth-order valence-corrected chi connectivity index (χ4v) is 5.40. The van der Waals surface area contributed by atoms with E-state index in [-0.39, 0.29) is 25.7 Å². The molecule has 2 aliphatic heterocycles. The Balaban J connectivity index is 1.75. The summed E-state index contributed by atoms with van der Waals surface area (Å²) in [6.07, 6.45) is 4.21. The lowest BCUT2D eigenvalue weighted by molar-refractivity contribution is -0.150. The third kappa shape index (κ3) is 5.48. The van der Waals surface area contributed by atoms with Gasteiger partial charge in [0.1, 0.15) is 17.6 Å². The number of fused-ring (bicyclic) bond motifs is 1. The maximum atomic E-state index is 13.2. The fourth-order valence-electron chi connectivity index (χ4n) is 3.73.